The van der Waals surface area contributed by atoms with Gasteiger partial charge in [-0.1, -0.05) is 0 Å². The zero-order valence-corrected chi connectivity index (χ0v) is 7.05. The van der Waals surface area contributed by atoms with Gasteiger partial charge in [0.1, 0.15) is 17.8 Å². The molecule has 72 valence electrons. The van der Waals surface area contributed by atoms with E-state index in [4.69, 9.17) is 10.4 Å². The van der Waals surface area contributed by atoms with Gasteiger partial charge in [0.05, 0.1) is 6.10 Å². The second kappa shape index (κ2) is 2.79. The molecule has 0 amide bonds. The molecule has 0 aromatic heterocycles. The summed E-state index contributed by atoms with van der Waals surface area (Å²) in [6.45, 7) is 1.26. The van der Waals surface area contributed by atoms with Gasteiger partial charge in [0.15, 0.2) is 5.60 Å². The van der Waals surface area contributed by atoms with Crippen LogP contribution < -0.4 is 0 Å². The zero-order chi connectivity index (χ0) is 10.3. The third-order valence-electron chi connectivity index (χ3n) is 2.31. The minimum absolute atomic E-state index is 0.977. The van der Waals surface area contributed by atoms with E-state index in [2.05, 4.69) is 0 Å². The molecule has 0 radical (unpaired) electrons. The van der Waals surface area contributed by atoms with E-state index < -0.39 is 23.4 Å². The van der Waals surface area contributed by atoms with Crippen LogP contribution in [0.1, 0.15) is 6.92 Å². The highest BCUT2D eigenvalue weighted by Gasteiger charge is 2.54. The number of nitriles is 1. The fraction of sp³-hybridized carbons (Fsp3) is 0.625. The van der Waals surface area contributed by atoms with E-state index in [9.17, 15) is 15.3 Å². The molecule has 0 saturated heterocycles. The molecule has 4 atom stereocenters. The van der Waals surface area contributed by atoms with Gasteiger partial charge < -0.3 is 20.4 Å². The molecule has 5 nitrogen and oxygen atoms in total. The van der Waals surface area contributed by atoms with Crippen LogP contribution in [0.15, 0.2) is 12.2 Å². The highest BCUT2D eigenvalue weighted by atomic mass is 16.4. The van der Waals surface area contributed by atoms with E-state index in [0.717, 1.165) is 12.2 Å². The lowest BCUT2D eigenvalue weighted by Gasteiger charge is -2.31. The number of aliphatic hydroxyl groups is 4. The van der Waals surface area contributed by atoms with Crippen molar-refractivity contribution in [1.82, 2.24) is 0 Å². The number of nitrogens with zero attached hydrogens (tertiary/aromatic N) is 1. The third-order valence-corrected chi connectivity index (χ3v) is 2.31. The Morgan fingerprint density at radius 3 is 2.23 bits per heavy atom. The molecule has 1 aliphatic rings. The summed E-state index contributed by atoms with van der Waals surface area (Å²) in [6.07, 6.45) is -0.984. The lowest BCUT2D eigenvalue weighted by Crippen LogP contribution is -2.54. The Labute approximate surface area is 75.2 Å². The van der Waals surface area contributed by atoms with E-state index in [1.165, 1.54) is 13.0 Å². The summed E-state index contributed by atoms with van der Waals surface area (Å²) in [4.78, 5) is 0. The normalized spacial score (nSPS) is 46.0. The molecule has 5 heteroatoms. The van der Waals surface area contributed by atoms with Crippen LogP contribution in [-0.2, 0) is 0 Å². The summed E-state index contributed by atoms with van der Waals surface area (Å²) in [6, 6.07) is 1.45. The first kappa shape index (κ1) is 10.2. The smallest absolute Gasteiger partial charge is 0.199 e. The van der Waals surface area contributed by atoms with Crippen molar-refractivity contribution < 1.29 is 20.4 Å². The topological polar surface area (TPSA) is 105 Å². The second-order valence-corrected chi connectivity index (χ2v) is 3.24. The van der Waals surface area contributed by atoms with Crippen LogP contribution in [0.5, 0.6) is 0 Å². The van der Waals surface area contributed by atoms with Crippen molar-refractivity contribution in [3.63, 3.8) is 0 Å². The maximum absolute atomic E-state index is 9.61. The van der Waals surface area contributed by atoms with Crippen molar-refractivity contribution in [1.29, 1.82) is 5.26 Å². The van der Waals surface area contributed by atoms with E-state index in [-0.39, 0.29) is 0 Å². The Bertz CT molecular complexity index is 282. The van der Waals surface area contributed by atoms with E-state index in [0.29, 0.717) is 0 Å². The minimum atomic E-state index is -2.12. The Kier molecular flexibility index (Phi) is 2.18. The first-order chi connectivity index (χ1) is 5.87. The van der Waals surface area contributed by atoms with Gasteiger partial charge in [-0.2, -0.15) is 5.26 Å². The third kappa shape index (κ3) is 1.24. The van der Waals surface area contributed by atoms with Crippen molar-refractivity contribution in [2.45, 2.75) is 30.3 Å². The molecular weight excluding hydrogens is 174 g/mol. The summed E-state index contributed by atoms with van der Waals surface area (Å²) >= 11 is 0. The number of hydrogen-bond donors (Lipinski definition) is 4. The average molecular weight is 185 g/mol. The fourth-order valence-corrected chi connectivity index (χ4v) is 1.26. The molecule has 0 saturated carbocycles. The first-order valence-corrected chi connectivity index (χ1v) is 3.79. The molecule has 0 aliphatic heterocycles. The molecule has 0 heterocycles. The van der Waals surface area contributed by atoms with Crippen molar-refractivity contribution in [2.24, 2.45) is 0 Å². The van der Waals surface area contributed by atoms with Gasteiger partial charge in [0.2, 0.25) is 0 Å². The van der Waals surface area contributed by atoms with Crippen LogP contribution in [0, 0.1) is 11.3 Å². The molecule has 4 N–H and O–H groups in total. The Morgan fingerprint density at radius 2 is 2.00 bits per heavy atom. The molecular formula is C8H11NO4. The lowest BCUT2D eigenvalue weighted by atomic mass is 9.89. The summed E-state index contributed by atoms with van der Waals surface area (Å²) in [5.74, 6) is 0. The van der Waals surface area contributed by atoms with Gasteiger partial charge in [-0.3, -0.25) is 0 Å². The maximum atomic E-state index is 9.61. The van der Waals surface area contributed by atoms with Crippen LogP contribution in [0.4, 0.5) is 0 Å². The fourth-order valence-electron chi connectivity index (χ4n) is 1.26. The molecule has 0 spiro atoms. The van der Waals surface area contributed by atoms with Crippen molar-refractivity contribution >= 4 is 0 Å². The summed E-state index contributed by atoms with van der Waals surface area (Å²) in [5.41, 5.74) is -4.07. The number of aliphatic hydroxyl groups excluding tert-OH is 2. The average Bonchev–Trinajstić information content (AvgIpc) is 2.32. The monoisotopic (exact) mass is 185 g/mol. The molecule has 1 aliphatic carbocycles. The van der Waals surface area contributed by atoms with Gasteiger partial charge >= 0.3 is 0 Å². The number of hydrogen-bond acceptors (Lipinski definition) is 5. The SMILES string of the molecule is CC(O)C1(O)C=CC(O)(C#N)C1O. The summed E-state index contributed by atoms with van der Waals surface area (Å²) in [5, 5.41) is 46.0. The van der Waals surface area contributed by atoms with Gasteiger partial charge in [-0.25, -0.2) is 0 Å². The zero-order valence-electron chi connectivity index (χ0n) is 7.05. The van der Waals surface area contributed by atoms with Gasteiger partial charge in [0, 0.05) is 0 Å². The predicted molar refractivity (Wildman–Crippen MR) is 42.3 cm³/mol. The highest BCUT2D eigenvalue weighted by Crippen LogP contribution is 2.33. The summed E-state index contributed by atoms with van der Waals surface area (Å²) < 4.78 is 0. The van der Waals surface area contributed by atoms with Gasteiger partial charge in [-0.15, -0.1) is 0 Å². The molecule has 0 fully saturated rings. The Morgan fingerprint density at radius 1 is 1.46 bits per heavy atom. The van der Waals surface area contributed by atoms with Crippen LogP contribution in [0.3, 0.4) is 0 Å². The standard InChI is InChI=1S/C8H11NO4/c1-5(10)8(13)3-2-7(12,4-9)6(8)11/h2-3,5-6,10-13H,1H3. The van der Waals surface area contributed by atoms with Crippen molar-refractivity contribution in [2.75, 3.05) is 0 Å². The molecule has 0 aromatic rings. The van der Waals surface area contributed by atoms with Crippen molar-refractivity contribution in [3.8, 4) is 6.07 Å². The quantitative estimate of drug-likeness (QED) is 0.287. The molecule has 0 aromatic carbocycles. The largest absolute Gasteiger partial charge is 0.390 e. The lowest BCUT2D eigenvalue weighted by molar-refractivity contribution is -0.140. The Hall–Kier alpha value is -0.930. The van der Waals surface area contributed by atoms with Gasteiger partial charge in [0.25, 0.3) is 0 Å². The summed E-state index contributed by atoms with van der Waals surface area (Å²) in [7, 11) is 0. The van der Waals surface area contributed by atoms with Crippen LogP contribution in [-0.4, -0.2) is 43.8 Å². The van der Waals surface area contributed by atoms with Crippen LogP contribution in [0.2, 0.25) is 0 Å². The molecule has 4 unspecified atom stereocenters. The molecule has 13 heavy (non-hydrogen) atoms. The second-order valence-electron chi connectivity index (χ2n) is 3.24. The molecule has 1 rings (SSSR count). The first-order valence-electron chi connectivity index (χ1n) is 3.79. The van der Waals surface area contributed by atoms with Crippen LogP contribution >= 0.6 is 0 Å². The Balaban J connectivity index is 3.03. The van der Waals surface area contributed by atoms with E-state index in [1.807, 2.05) is 0 Å². The van der Waals surface area contributed by atoms with Gasteiger partial charge in [-0.05, 0) is 19.1 Å². The highest BCUT2D eigenvalue weighted by molar-refractivity contribution is 5.33. The van der Waals surface area contributed by atoms with Crippen molar-refractivity contribution in [3.05, 3.63) is 12.2 Å². The predicted octanol–water partition coefficient (Wildman–Crippen LogP) is -1.72. The van der Waals surface area contributed by atoms with E-state index >= 15 is 0 Å². The number of rotatable bonds is 1. The van der Waals surface area contributed by atoms with Crippen LogP contribution in [0.25, 0.3) is 0 Å². The molecule has 0 bridgehead atoms. The minimum Gasteiger partial charge on any atom is -0.390 e. The van der Waals surface area contributed by atoms with E-state index in [1.54, 1.807) is 0 Å². The maximum Gasteiger partial charge on any atom is 0.199 e.